The minimum absolute atomic E-state index is 0.944. The summed E-state index contributed by atoms with van der Waals surface area (Å²) in [4.78, 5) is 3.25. The molecule has 13 heavy (non-hydrogen) atoms. The zero-order valence-electron chi connectivity index (χ0n) is 7.31. The van der Waals surface area contributed by atoms with E-state index in [9.17, 15) is 0 Å². The Morgan fingerprint density at radius 2 is 2.23 bits per heavy atom. The molecule has 0 amide bonds. The van der Waals surface area contributed by atoms with Gasteiger partial charge in [0.2, 0.25) is 0 Å². The number of aromatic nitrogens is 1. The van der Waals surface area contributed by atoms with E-state index in [2.05, 4.69) is 46.2 Å². The molecule has 2 rings (SSSR count). The molecule has 0 aliphatic heterocycles. The van der Waals surface area contributed by atoms with Crippen molar-refractivity contribution in [3.05, 3.63) is 41.4 Å². The SMILES string of the molecule is [CH2]CCc1c[nH]c2ccc(Br)cc12. The molecule has 0 aliphatic rings. The molecular weight excluding hydrogens is 226 g/mol. The second-order valence-corrected chi connectivity index (χ2v) is 4.02. The van der Waals surface area contributed by atoms with Gasteiger partial charge < -0.3 is 4.98 Å². The lowest BCUT2D eigenvalue weighted by Crippen LogP contribution is -1.79. The predicted octanol–water partition coefficient (Wildman–Crippen LogP) is 3.70. The quantitative estimate of drug-likeness (QED) is 0.819. The highest BCUT2D eigenvalue weighted by Gasteiger charge is 2.02. The summed E-state index contributed by atoms with van der Waals surface area (Å²) in [5.74, 6) is 0. The zero-order valence-corrected chi connectivity index (χ0v) is 8.89. The van der Waals surface area contributed by atoms with Gasteiger partial charge in [-0.15, -0.1) is 0 Å². The van der Waals surface area contributed by atoms with Gasteiger partial charge in [0.25, 0.3) is 0 Å². The van der Waals surface area contributed by atoms with E-state index in [1.165, 1.54) is 16.5 Å². The molecule has 67 valence electrons. The van der Waals surface area contributed by atoms with Crippen LogP contribution in [0.5, 0.6) is 0 Å². The van der Waals surface area contributed by atoms with Gasteiger partial charge in [-0.1, -0.05) is 22.9 Å². The van der Waals surface area contributed by atoms with Crippen molar-refractivity contribution >= 4 is 26.8 Å². The van der Waals surface area contributed by atoms with Gasteiger partial charge in [-0.05, 0) is 36.6 Å². The first-order chi connectivity index (χ1) is 6.31. The van der Waals surface area contributed by atoms with Crippen LogP contribution in [0, 0.1) is 6.92 Å². The summed E-state index contributed by atoms with van der Waals surface area (Å²) in [6.07, 6.45) is 4.05. The number of halogens is 1. The highest BCUT2D eigenvalue weighted by molar-refractivity contribution is 9.10. The average molecular weight is 237 g/mol. The van der Waals surface area contributed by atoms with Crippen LogP contribution in [0.1, 0.15) is 12.0 Å². The number of rotatable bonds is 2. The Balaban J connectivity index is 2.58. The van der Waals surface area contributed by atoms with Crippen LogP contribution < -0.4 is 0 Å². The van der Waals surface area contributed by atoms with E-state index >= 15 is 0 Å². The molecule has 2 heteroatoms. The monoisotopic (exact) mass is 236 g/mol. The van der Waals surface area contributed by atoms with E-state index in [1.807, 2.05) is 6.07 Å². The molecule has 1 radical (unpaired) electrons. The van der Waals surface area contributed by atoms with Crippen LogP contribution in [0.3, 0.4) is 0 Å². The van der Waals surface area contributed by atoms with Crippen LogP contribution >= 0.6 is 15.9 Å². The Morgan fingerprint density at radius 3 is 3.00 bits per heavy atom. The van der Waals surface area contributed by atoms with Gasteiger partial charge in [0.1, 0.15) is 0 Å². The summed E-state index contributed by atoms with van der Waals surface area (Å²) in [7, 11) is 0. The molecule has 0 unspecified atom stereocenters. The van der Waals surface area contributed by atoms with Crippen molar-refractivity contribution in [1.82, 2.24) is 4.98 Å². The Bertz CT molecular complexity index is 417. The number of fused-ring (bicyclic) bond motifs is 1. The van der Waals surface area contributed by atoms with Crippen LogP contribution in [0.4, 0.5) is 0 Å². The largest absolute Gasteiger partial charge is 0.361 e. The second-order valence-electron chi connectivity index (χ2n) is 3.11. The standard InChI is InChI=1S/C11H11BrN/c1-2-3-8-7-13-11-5-4-9(12)6-10(8)11/h4-7,13H,1-3H2. The maximum absolute atomic E-state index is 3.86. The molecule has 0 aliphatic carbocycles. The molecule has 1 nitrogen and oxygen atoms in total. The van der Waals surface area contributed by atoms with E-state index in [-0.39, 0.29) is 0 Å². The molecule has 1 N–H and O–H groups in total. The summed E-state index contributed by atoms with van der Waals surface area (Å²) in [5.41, 5.74) is 2.55. The Kier molecular flexibility index (Phi) is 2.40. The van der Waals surface area contributed by atoms with E-state index in [0.29, 0.717) is 0 Å². The highest BCUT2D eigenvalue weighted by atomic mass is 79.9. The minimum atomic E-state index is 0.944. The summed E-state index contributed by atoms with van der Waals surface area (Å²) < 4.78 is 1.13. The first-order valence-electron chi connectivity index (χ1n) is 4.36. The molecule has 0 saturated heterocycles. The number of aryl methyl sites for hydroxylation is 1. The van der Waals surface area contributed by atoms with Crippen molar-refractivity contribution < 1.29 is 0 Å². The van der Waals surface area contributed by atoms with Crippen molar-refractivity contribution in [1.29, 1.82) is 0 Å². The molecular formula is C11H11BrN. The summed E-state index contributed by atoms with van der Waals surface area (Å²) in [6.45, 7) is 3.86. The Morgan fingerprint density at radius 1 is 1.38 bits per heavy atom. The van der Waals surface area contributed by atoms with Gasteiger partial charge >= 0.3 is 0 Å². The molecule has 0 atom stereocenters. The Labute approximate surface area is 86.3 Å². The molecule has 1 heterocycles. The summed E-state index contributed by atoms with van der Waals surface area (Å²) >= 11 is 3.47. The number of aromatic amines is 1. The van der Waals surface area contributed by atoms with Crippen molar-refractivity contribution in [2.75, 3.05) is 0 Å². The van der Waals surface area contributed by atoms with Crippen molar-refractivity contribution in [2.45, 2.75) is 12.8 Å². The molecule has 0 fully saturated rings. The number of benzene rings is 1. The van der Waals surface area contributed by atoms with Crippen molar-refractivity contribution in [3.63, 3.8) is 0 Å². The lowest BCUT2D eigenvalue weighted by Gasteiger charge is -1.96. The molecule has 0 spiro atoms. The third kappa shape index (κ3) is 1.63. The van der Waals surface area contributed by atoms with Gasteiger partial charge in [0.15, 0.2) is 0 Å². The predicted molar refractivity (Wildman–Crippen MR) is 59.7 cm³/mol. The van der Waals surface area contributed by atoms with Gasteiger partial charge in [0.05, 0.1) is 0 Å². The van der Waals surface area contributed by atoms with Gasteiger partial charge in [-0.25, -0.2) is 0 Å². The van der Waals surface area contributed by atoms with Crippen LogP contribution in [-0.4, -0.2) is 4.98 Å². The molecule has 1 aromatic heterocycles. The maximum Gasteiger partial charge on any atom is 0.0457 e. The summed E-state index contributed by atoms with van der Waals surface area (Å²) in [5, 5.41) is 1.30. The van der Waals surface area contributed by atoms with Crippen molar-refractivity contribution in [2.24, 2.45) is 0 Å². The van der Waals surface area contributed by atoms with Crippen LogP contribution in [0.15, 0.2) is 28.9 Å². The third-order valence-corrected chi connectivity index (χ3v) is 2.67. The highest BCUT2D eigenvalue weighted by Crippen LogP contribution is 2.23. The number of nitrogens with one attached hydrogen (secondary N) is 1. The normalized spacial score (nSPS) is 10.9. The average Bonchev–Trinajstić information content (AvgIpc) is 2.49. The number of hydrogen-bond donors (Lipinski definition) is 1. The molecule has 0 bridgehead atoms. The molecule has 0 saturated carbocycles. The number of H-pyrrole nitrogens is 1. The van der Waals surface area contributed by atoms with Gasteiger partial charge in [-0.3, -0.25) is 0 Å². The number of hydrogen-bond acceptors (Lipinski definition) is 0. The summed E-state index contributed by atoms with van der Waals surface area (Å²) in [6, 6.07) is 6.29. The first-order valence-corrected chi connectivity index (χ1v) is 5.15. The minimum Gasteiger partial charge on any atom is -0.361 e. The topological polar surface area (TPSA) is 15.8 Å². The third-order valence-electron chi connectivity index (χ3n) is 2.18. The van der Waals surface area contributed by atoms with Crippen molar-refractivity contribution in [3.8, 4) is 0 Å². The van der Waals surface area contributed by atoms with Crippen LogP contribution in [0.2, 0.25) is 0 Å². The van der Waals surface area contributed by atoms with E-state index in [1.54, 1.807) is 0 Å². The molecule has 1 aromatic carbocycles. The molecule has 2 aromatic rings. The zero-order chi connectivity index (χ0) is 9.26. The lowest BCUT2D eigenvalue weighted by atomic mass is 10.1. The maximum atomic E-state index is 3.86. The fourth-order valence-corrected chi connectivity index (χ4v) is 1.91. The lowest BCUT2D eigenvalue weighted by molar-refractivity contribution is 1.01. The van der Waals surface area contributed by atoms with E-state index in [4.69, 9.17) is 0 Å². The first kappa shape index (κ1) is 8.82. The van der Waals surface area contributed by atoms with Crippen LogP contribution in [-0.2, 0) is 6.42 Å². The second kappa shape index (κ2) is 3.54. The van der Waals surface area contributed by atoms with Gasteiger partial charge in [-0.2, -0.15) is 0 Å². The van der Waals surface area contributed by atoms with Crippen LogP contribution in [0.25, 0.3) is 10.9 Å². The smallest absolute Gasteiger partial charge is 0.0457 e. The fourth-order valence-electron chi connectivity index (χ4n) is 1.55. The Hall–Kier alpha value is -0.760. The van der Waals surface area contributed by atoms with E-state index < -0.39 is 0 Å². The fraction of sp³-hybridized carbons (Fsp3) is 0.182. The van der Waals surface area contributed by atoms with Gasteiger partial charge in [0, 0.05) is 21.6 Å². The van der Waals surface area contributed by atoms with E-state index in [0.717, 1.165) is 17.3 Å².